The lowest BCUT2D eigenvalue weighted by atomic mass is 10.0. The van der Waals surface area contributed by atoms with Gasteiger partial charge in [0.25, 0.3) is 5.56 Å². The first kappa shape index (κ1) is 21.9. The molecule has 0 fully saturated rings. The number of aromatic carboxylic acids is 1. The van der Waals surface area contributed by atoms with Crippen LogP contribution in [0, 0.1) is 6.92 Å². The van der Waals surface area contributed by atoms with E-state index in [0.29, 0.717) is 33.2 Å². The van der Waals surface area contributed by atoms with Crippen molar-refractivity contribution in [2.45, 2.75) is 19.5 Å². The van der Waals surface area contributed by atoms with Crippen molar-refractivity contribution in [1.29, 1.82) is 0 Å². The minimum Gasteiger partial charge on any atom is -0.476 e. The maximum atomic E-state index is 12.1. The van der Waals surface area contributed by atoms with Gasteiger partial charge in [-0.15, -0.1) is 6.58 Å². The van der Waals surface area contributed by atoms with Crippen molar-refractivity contribution < 1.29 is 9.90 Å². The standard InChI is InChI=1S/C21H20BrClN4O3/c1-4-9-27-18(17(20(29)30)25-21(27)22)16(13-5-7-14(23)8-6-13)24-15-10-12(2)19(28)26(3)11-15/h4-8,10-11,16,24H,1,9H2,2-3H3,(H,29,30). The second kappa shape index (κ2) is 8.89. The fraction of sp³-hybridized carbons (Fsp3) is 0.190. The fourth-order valence-electron chi connectivity index (χ4n) is 3.28. The Morgan fingerprint density at radius 1 is 1.40 bits per heavy atom. The lowest BCUT2D eigenvalue weighted by molar-refractivity contribution is 0.0689. The van der Waals surface area contributed by atoms with Gasteiger partial charge in [-0.25, -0.2) is 9.78 Å². The van der Waals surface area contributed by atoms with E-state index < -0.39 is 12.0 Å². The number of carbonyl (C=O) groups is 1. The molecule has 0 aliphatic carbocycles. The third-order valence-corrected chi connectivity index (χ3v) is 5.48. The lowest BCUT2D eigenvalue weighted by Crippen LogP contribution is -2.23. The number of aryl methyl sites for hydroxylation is 2. The molecular weight excluding hydrogens is 472 g/mol. The van der Waals surface area contributed by atoms with Crippen LogP contribution in [0.15, 0.2) is 58.7 Å². The summed E-state index contributed by atoms with van der Waals surface area (Å²) in [7, 11) is 1.67. The zero-order chi connectivity index (χ0) is 22.0. The summed E-state index contributed by atoms with van der Waals surface area (Å²) >= 11 is 9.41. The highest BCUT2D eigenvalue weighted by Crippen LogP contribution is 2.32. The van der Waals surface area contributed by atoms with E-state index in [9.17, 15) is 14.7 Å². The molecule has 0 radical (unpaired) electrons. The van der Waals surface area contributed by atoms with Gasteiger partial charge in [-0.3, -0.25) is 4.79 Å². The van der Waals surface area contributed by atoms with Gasteiger partial charge >= 0.3 is 5.97 Å². The predicted molar refractivity (Wildman–Crippen MR) is 120 cm³/mol. The Morgan fingerprint density at radius 3 is 2.63 bits per heavy atom. The number of aromatic nitrogens is 3. The van der Waals surface area contributed by atoms with Crippen molar-refractivity contribution in [1.82, 2.24) is 14.1 Å². The van der Waals surface area contributed by atoms with Crippen LogP contribution < -0.4 is 10.9 Å². The zero-order valence-electron chi connectivity index (χ0n) is 16.4. The van der Waals surface area contributed by atoms with Gasteiger partial charge in [0.05, 0.1) is 17.4 Å². The smallest absolute Gasteiger partial charge is 0.356 e. The van der Waals surface area contributed by atoms with Gasteiger partial charge < -0.3 is 19.6 Å². The van der Waals surface area contributed by atoms with Crippen LogP contribution in [0.4, 0.5) is 5.69 Å². The van der Waals surface area contributed by atoms with Gasteiger partial charge in [-0.05, 0) is 46.6 Å². The third kappa shape index (κ3) is 4.34. The molecule has 1 unspecified atom stereocenters. The summed E-state index contributed by atoms with van der Waals surface area (Å²) < 4.78 is 3.59. The number of allylic oxidation sites excluding steroid dienone is 1. The quantitative estimate of drug-likeness (QED) is 0.479. The summed E-state index contributed by atoms with van der Waals surface area (Å²) in [6, 6.07) is 8.26. The molecule has 2 heterocycles. The number of imidazole rings is 1. The molecule has 0 bridgehead atoms. The number of rotatable bonds is 7. The second-order valence-corrected chi connectivity index (χ2v) is 7.92. The molecule has 3 aromatic rings. The van der Waals surface area contributed by atoms with Crippen LogP contribution in [-0.2, 0) is 13.6 Å². The molecule has 2 N–H and O–H groups in total. The summed E-state index contributed by atoms with van der Waals surface area (Å²) in [5, 5.41) is 13.7. The highest BCUT2D eigenvalue weighted by Gasteiger charge is 2.29. The molecule has 0 amide bonds. The zero-order valence-corrected chi connectivity index (χ0v) is 18.7. The van der Waals surface area contributed by atoms with E-state index in [1.807, 2.05) is 12.1 Å². The molecular formula is C21H20BrClN4O3. The number of hydrogen-bond acceptors (Lipinski definition) is 4. The molecule has 1 aromatic carbocycles. The number of nitrogens with one attached hydrogen (secondary N) is 1. The molecule has 9 heteroatoms. The minimum atomic E-state index is -1.15. The van der Waals surface area contributed by atoms with Crippen molar-refractivity contribution in [2.24, 2.45) is 7.05 Å². The fourth-order valence-corrected chi connectivity index (χ4v) is 3.92. The van der Waals surface area contributed by atoms with Crippen molar-refractivity contribution in [3.05, 3.63) is 91.8 Å². The molecule has 0 saturated carbocycles. The third-order valence-electron chi connectivity index (χ3n) is 4.62. The largest absolute Gasteiger partial charge is 0.476 e. The average molecular weight is 492 g/mol. The number of benzene rings is 1. The van der Waals surface area contributed by atoms with Gasteiger partial charge in [0, 0.05) is 30.4 Å². The number of carboxylic acid groups (broad SMARTS) is 1. The van der Waals surface area contributed by atoms with E-state index in [1.165, 1.54) is 4.57 Å². The number of carboxylic acids is 1. The Balaban J connectivity index is 2.23. The monoisotopic (exact) mass is 490 g/mol. The Kier molecular flexibility index (Phi) is 6.48. The van der Waals surface area contributed by atoms with E-state index in [1.54, 1.807) is 49.0 Å². The molecule has 30 heavy (non-hydrogen) atoms. The van der Waals surface area contributed by atoms with Crippen LogP contribution in [-0.4, -0.2) is 25.2 Å². The number of pyridine rings is 1. The van der Waals surface area contributed by atoms with Crippen molar-refractivity contribution in [3.63, 3.8) is 0 Å². The van der Waals surface area contributed by atoms with E-state index in [4.69, 9.17) is 11.6 Å². The van der Waals surface area contributed by atoms with Crippen LogP contribution in [0.1, 0.15) is 33.4 Å². The molecule has 0 spiro atoms. The van der Waals surface area contributed by atoms with Crippen LogP contribution in [0.2, 0.25) is 5.02 Å². The van der Waals surface area contributed by atoms with Gasteiger partial charge in [-0.1, -0.05) is 29.8 Å². The van der Waals surface area contributed by atoms with E-state index >= 15 is 0 Å². The van der Waals surface area contributed by atoms with Crippen molar-refractivity contribution in [2.75, 3.05) is 5.32 Å². The van der Waals surface area contributed by atoms with Gasteiger partial charge in [0.15, 0.2) is 10.4 Å². The molecule has 0 aliphatic heterocycles. The first-order chi connectivity index (χ1) is 14.2. The molecule has 1 atom stereocenters. The number of hydrogen-bond donors (Lipinski definition) is 2. The van der Waals surface area contributed by atoms with Crippen LogP contribution in [0.25, 0.3) is 0 Å². The summed E-state index contributed by atoms with van der Waals surface area (Å²) in [6.07, 6.45) is 3.33. The van der Waals surface area contributed by atoms with Crippen molar-refractivity contribution >= 4 is 39.2 Å². The first-order valence-corrected chi connectivity index (χ1v) is 10.2. The molecule has 2 aromatic heterocycles. The van der Waals surface area contributed by atoms with Crippen LogP contribution in [0.5, 0.6) is 0 Å². The topological polar surface area (TPSA) is 89.2 Å². The van der Waals surface area contributed by atoms with Crippen LogP contribution in [0.3, 0.4) is 0 Å². The summed E-state index contributed by atoms with van der Waals surface area (Å²) in [5.74, 6) is -1.15. The first-order valence-electron chi connectivity index (χ1n) is 9.02. The number of halogens is 2. The van der Waals surface area contributed by atoms with Gasteiger partial charge in [0.2, 0.25) is 0 Å². The highest BCUT2D eigenvalue weighted by molar-refractivity contribution is 9.10. The van der Waals surface area contributed by atoms with Crippen molar-refractivity contribution in [3.8, 4) is 0 Å². The van der Waals surface area contributed by atoms with E-state index in [0.717, 1.165) is 5.56 Å². The normalized spacial score (nSPS) is 11.9. The average Bonchev–Trinajstić information content (AvgIpc) is 3.02. The van der Waals surface area contributed by atoms with Gasteiger partial charge in [-0.2, -0.15) is 0 Å². The maximum Gasteiger partial charge on any atom is 0.356 e. The van der Waals surface area contributed by atoms with Crippen LogP contribution >= 0.6 is 27.5 Å². The Morgan fingerprint density at radius 2 is 2.07 bits per heavy atom. The Hall–Kier alpha value is -2.84. The lowest BCUT2D eigenvalue weighted by Gasteiger charge is -2.23. The highest BCUT2D eigenvalue weighted by atomic mass is 79.9. The molecule has 3 rings (SSSR count). The summed E-state index contributed by atoms with van der Waals surface area (Å²) in [5.41, 5.74) is 2.27. The molecule has 7 nitrogen and oxygen atoms in total. The number of nitrogens with zero attached hydrogens (tertiary/aromatic N) is 3. The minimum absolute atomic E-state index is 0.0854. The molecule has 0 saturated heterocycles. The second-order valence-electron chi connectivity index (χ2n) is 6.78. The summed E-state index contributed by atoms with van der Waals surface area (Å²) in [4.78, 5) is 28.2. The maximum absolute atomic E-state index is 12.1. The summed E-state index contributed by atoms with van der Waals surface area (Å²) in [6.45, 7) is 5.84. The number of anilines is 1. The Bertz CT molecular complexity index is 1140. The molecule has 0 aliphatic rings. The Labute approximate surface area is 186 Å². The predicted octanol–water partition coefficient (Wildman–Crippen LogP) is 4.39. The SMILES string of the molecule is C=CCn1c(Br)nc(C(=O)O)c1C(Nc1cc(C)c(=O)n(C)c1)c1ccc(Cl)cc1. The van der Waals surface area contributed by atoms with E-state index in [-0.39, 0.29) is 11.3 Å². The van der Waals surface area contributed by atoms with E-state index in [2.05, 4.69) is 32.8 Å². The van der Waals surface area contributed by atoms with Gasteiger partial charge in [0.1, 0.15) is 0 Å². The molecule has 156 valence electrons.